The molecule has 0 radical (unpaired) electrons. The van der Waals surface area contributed by atoms with E-state index in [9.17, 15) is 5.26 Å². The highest BCUT2D eigenvalue weighted by Gasteiger charge is 2.00. The fourth-order valence-electron chi connectivity index (χ4n) is 1.32. The van der Waals surface area contributed by atoms with Crippen LogP contribution in [0.4, 0.5) is 0 Å². The van der Waals surface area contributed by atoms with Crippen molar-refractivity contribution in [1.82, 2.24) is 0 Å². The maximum atomic E-state index is 9.70. The summed E-state index contributed by atoms with van der Waals surface area (Å²) in [6.07, 6.45) is 0. The van der Waals surface area contributed by atoms with Gasteiger partial charge in [-0.1, -0.05) is 36.4 Å². The summed E-state index contributed by atoms with van der Waals surface area (Å²) in [6.45, 7) is 0. The fraction of sp³-hybridized carbons (Fsp3) is 0. The predicted molar refractivity (Wildman–Crippen MR) is 52.0 cm³/mol. The molecule has 0 unspecified atom stereocenters. The number of hydrogen-bond acceptors (Lipinski definition) is 4. The number of benzene rings is 2. The van der Waals surface area contributed by atoms with Gasteiger partial charge in [0.25, 0.3) is 0 Å². The maximum Gasteiger partial charge on any atom is 0.0680 e. The van der Waals surface area contributed by atoms with Crippen LogP contribution < -0.4 is 5.26 Å². The fourth-order valence-corrected chi connectivity index (χ4v) is 1.83. The van der Waals surface area contributed by atoms with Crippen molar-refractivity contribution in [1.29, 1.82) is 0 Å². The van der Waals surface area contributed by atoms with Gasteiger partial charge in [-0.25, -0.2) is 0 Å². The molecule has 0 aliphatic carbocycles. The van der Waals surface area contributed by atoms with Crippen LogP contribution in [0.5, 0.6) is 0 Å². The topological polar surface area (TPSA) is 41.5 Å². The van der Waals surface area contributed by atoms with E-state index in [2.05, 4.69) is 9.37 Å². The molecular weight excluding hydrogens is 200 g/mol. The Morgan fingerprint density at radius 2 is 1.79 bits per heavy atom. The first-order valence-corrected chi connectivity index (χ1v) is 4.77. The third-order valence-corrected chi connectivity index (χ3v) is 2.56. The third kappa shape index (κ3) is 1.88. The van der Waals surface area contributed by atoms with Crippen LogP contribution in [-0.4, -0.2) is 0 Å². The zero-order valence-corrected chi connectivity index (χ0v) is 7.99. The summed E-state index contributed by atoms with van der Waals surface area (Å²) in [5.41, 5.74) is 0. The van der Waals surface area contributed by atoms with Crippen molar-refractivity contribution in [2.45, 2.75) is 4.90 Å². The summed E-state index contributed by atoms with van der Waals surface area (Å²) < 4.78 is 4.29. The van der Waals surface area contributed by atoms with Gasteiger partial charge in [0.1, 0.15) is 0 Å². The van der Waals surface area contributed by atoms with E-state index < -0.39 is 0 Å². The molecule has 0 spiro atoms. The van der Waals surface area contributed by atoms with Crippen LogP contribution in [-0.2, 0) is 9.37 Å². The lowest BCUT2D eigenvalue weighted by Crippen LogP contribution is -2.00. The van der Waals surface area contributed by atoms with Gasteiger partial charge in [0.15, 0.2) is 0 Å². The average molecular weight is 207 g/mol. The lowest BCUT2D eigenvalue weighted by atomic mass is 10.1. The Balaban J connectivity index is 2.43. The predicted octanol–water partition coefficient (Wildman–Crippen LogP) is 2.07. The van der Waals surface area contributed by atoms with Gasteiger partial charge in [-0.05, 0) is 16.8 Å². The molecule has 0 heterocycles. The second kappa shape index (κ2) is 4.43. The SMILES string of the molecule is [O-]OOSc1cccc2ccccc12. The summed E-state index contributed by atoms with van der Waals surface area (Å²) in [7, 11) is 0. The van der Waals surface area contributed by atoms with Crippen LogP contribution in [0.1, 0.15) is 0 Å². The van der Waals surface area contributed by atoms with E-state index in [1.54, 1.807) is 0 Å². The summed E-state index contributed by atoms with van der Waals surface area (Å²) >= 11 is 0.915. The van der Waals surface area contributed by atoms with Crippen LogP contribution in [0.25, 0.3) is 10.8 Å². The van der Waals surface area contributed by atoms with Crippen molar-refractivity contribution in [3.63, 3.8) is 0 Å². The number of fused-ring (bicyclic) bond motifs is 1. The average Bonchev–Trinajstić information content (AvgIpc) is 2.26. The van der Waals surface area contributed by atoms with E-state index >= 15 is 0 Å². The van der Waals surface area contributed by atoms with Crippen molar-refractivity contribution >= 4 is 22.8 Å². The first kappa shape index (κ1) is 9.48. The molecule has 72 valence electrons. The molecule has 2 aromatic carbocycles. The standard InChI is InChI=1S/C10H8O3S/c11-12-13-14-10-7-3-5-8-4-1-2-6-9(8)10/h1-7,11H/p-1. The number of rotatable bonds is 3. The van der Waals surface area contributed by atoms with Crippen molar-refractivity contribution in [3.8, 4) is 0 Å². The van der Waals surface area contributed by atoms with Gasteiger partial charge in [-0.2, -0.15) is 4.33 Å². The Kier molecular flexibility index (Phi) is 3.00. The van der Waals surface area contributed by atoms with Crippen LogP contribution in [0.15, 0.2) is 47.4 Å². The van der Waals surface area contributed by atoms with Crippen molar-refractivity contribution in [2.24, 2.45) is 0 Å². The third-order valence-electron chi connectivity index (χ3n) is 1.90. The molecular formula is C10H7O3S-. The largest absolute Gasteiger partial charge is 0.691 e. The molecule has 0 amide bonds. The number of hydrogen-bond donors (Lipinski definition) is 0. The molecule has 0 bridgehead atoms. The van der Waals surface area contributed by atoms with Crippen LogP contribution in [0.3, 0.4) is 0 Å². The van der Waals surface area contributed by atoms with Gasteiger partial charge < -0.3 is 5.26 Å². The Labute approximate surface area is 85.3 Å². The van der Waals surface area contributed by atoms with E-state index in [0.717, 1.165) is 27.7 Å². The second-order valence-corrected chi connectivity index (χ2v) is 3.44. The van der Waals surface area contributed by atoms with E-state index in [1.165, 1.54) is 0 Å². The summed E-state index contributed by atoms with van der Waals surface area (Å²) in [4.78, 5) is 0.860. The first-order chi connectivity index (χ1) is 6.92. The lowest BCUT2D eigenvalue weighted by molar-refractivity contribution is -0.777. The summed E-state index contributed by atoms with van der Waals surface area (Å²) in [5.74, 6) is 0. The monoisotopic (exact) mass is 207 g/mol. The summed E-state index contributed by atoms with van der Waals surface area (Å²) in [5, 5.41) is 15.1. The molecule has 14 heavy (non-hydrogen) atoms. The zero-order chi connectivity index (χ0) is 9.80. The van der Waals surface area contributed by atoms with Crippen LogP contribution in [0, 0.1) is 0 Å². The first-order valence-electron chi connectivity index (χ1n) is 4.03. The quantitative estimate of drug-likeness (QED) is 0.439. The second-order valence-electron chi connectivity index (χ2n) is 2.70. The van der Waals surface area contributed by atoms with E-state index in [-0.39, 0.29) is 0 Å². The molecule has 0 atom stereocenters. The molecule has 2 rings (SSSR count). The van der Waals surface area contributed by atoms with E-state index in [4.69, 9.17) is 0 Å². The van der Waals surface area contributed by atoms with E-state index in [1.807, 2.05) is 42.5 Å². The minimum absolute atomic E-state index is 0.860. The molecule has 0 aromatic heterocycles. The smallest absolute Gasteiger partial charge is 0.0680 e. The van der Waals surface area contributed by atoms with Gasteiger partial charge >= 0.3 is 0 Å². The molecule has 0 N–H and O–H groups in total. The molecule has 3 nitrogen and oxygen atoms in total. The van der Waals surface area contributed by atoms with Crippen molar-refractivity contribution in [2.75, 3.05) is 0 Å². The van der Waals surface area contributed by atoms with Gasteiger partial charge in [-0.15, -0.1) is 0 Å². The van der Waals surface area contributed by atoms with Crippen molar-refractivity contribution < 1.29 is 14.6 Å². The van der Waals surface area contributed by atoms with Gasteiger partial charge in [0, 0.05) is 4.90 Å². The molecule has 2 aromatic rings. The van der Waals surface area contributed by atoms with Gasteiger partial charge in [0.2, 0.25) is 0 Å². The lowest BCUT2D eigenvalue weighted by Gasteiger charge is -2.06. The Hall–Kier alpha value is -1.07. The minimum atomic E-state index is 0.860. The molecule has 0 saturated heterocycles. The maximum absolute atomic E-state index is 9.70. The van der Waals surface area contributed by atoms with Crippen LogP contribution in [0.2, 0.25) is 0 Å². The minimum Gasteiger partial charge on any atom is -0.691 e. The van der Waals surface area contributed by atoms with Crippen LogP contribution >= 0.6 is 12.0 Å². The van der Waals surface area contributed by atoms with Crippen molar-refractivity contribution in [3.05, 3.63) is 42.5 Å². The highest BCUT2D eigenvalue weighted by Crippen LogP contribution is 2.27. The molecule has 0 fully saturated rings. The highest BCUT2D eigenvalue weighted by molar-refractivity contribution is 7.94. The normalized spacial score (nSPS) is 10.6. The Bertz CT molecular complexity index is 425. The Morgan fingerprint density at radius 1 is 1.00 bits per heavy atom. The molecule has 4 heteroatoms. The highest BCUT2D eigenvalue weighted by atomic mass is 32.2. The zero-order valence-electron chi connectivity index (χ0n) is 7.17. The molecule has 0 saturated carbocycles. The van der Waals surface area contributed by atoms with Gasteiger partial charge in [-0.3, -0.25) is 5.04 Å². The van der Waals surface area contributed by atoms with E-state index in [0.29, 0.717) is 0 Å². The summed E-state index contributed by atoms with van der Waals surface area (Å²) in [6, 6.07) is 13.6. The molecule has 0 aliphatic rings. The van der Waals surface area contributed by atoms with Gasteiger partial charge in [0.05, 0.1) is 12.0 Å². The Morgan fingerprint density at radius 3 is 2.64 bits per heavy atom. The molecule has 0 aliphatic heterocycles.